The van der Waals surface area contributed by atoms with Crippen molar-refractivity contribution in [3.63, 3.8) is 0 Å². The number of sulfonamides is 1. The average molecular weight is 632 g/mol. The molecule has 0 aliphatic heterocycles. The van der Waals surface area contributed by atoms with Gasteiger partial charge in [0.25, 0.3) is 10.0 Å². The summed E-state index contributed by atoms with van der Waals surface area (Å²) in [6.07, 6.45) is 0.989. The van der Waals surface area contributed by atoms with Crippen LogP contribution in [0.2, 0.25) is 5.02 Å². The van der Waals surface area contributed by atoms with Gasteiger partial charge in [0.1, 0.15) is 12.6 Å². The first-order valence-corrected chi connectivity index (χ1v) is 16.4. The van der Waals surface area contributed by atoms with Crippen molar-refractivity contribution in [3.8, 4) is 0 Å². The zero-order chi connectivity index (χ0) is 31.7. The maximum absolute atomic E-state index is 14.4. The van der Waals surface area contributed by atoms with E-state index >= 15 is 0 Å². The van der Waals surface area contributed by atoms with E-state index in [1.807, 2.05) is 75.4 Å². The van der Waals surface area contributed by atoms with Crippen molar-refractivity contribution >= 4 is 39.1 Å². The summed E-state index contributed by atoms with van der Waals surface area (Å²) >= 11 is 6.43. The third-order valence-corrected chi connectivity index (χ3v) is 9.54. The van der Waals surface area contributed by atoms with Crippen LogP contribution in [0.1, 0.15) is 35.6 Å². The monoisotopic (exact) mass is 631 g/mol. The van der Waals surface area contributed by atoms with Crippen LogP contribution in [0, 0.1) is 13.8 Å². The minimum absolute atomic E-state index is 0.0381. The molecule has 0 spiro atoms. The first-order chi connectivity index (χ1) is 21.1. The van der Waals surface area contributed by atoms with Crippen molar-refractivity contribution in [3.05, 3.63) is 130 Å². The molecule has 0 heterocycles. The number of benzene rings is 4. The van der Waals surface area contributed by atoms with Crippen molar-refractivity contribution < 1.29 is 18.0 Å². The van der Waals surface area contributed by atoms with Gasteiger partial charge in [-0.2, -0.15) is 0 Å². The number of nitrogens with zero attached hydrogens (tertiary/aromatic N) is 2. The molecule has 7 nitrogen and oxygen atoms in total. The fraction of sp³-hybridized carbons (Fsp3) is 0.257. The Kier molecular flexibility index (Phi) is 11.2. The molecule has 0 aromatic heterocycles. The topological polar surface area (TPSA) is 86.8 Å². The maximum atomic E-state index is 14.4. The quantitative estimate of drug-likeness (QED) is 0.187. The van der Waals surface area contributed by atoms with Gasteiger partial charge in [-0.3, -0.25) is 13.9 Å². The van der Waals surface area contributed by atoms with Crippen LogP contribution in [0.5, 0.6) is 0 Å². The lowest BCUT2D eigenvalue weighted by Gasteiger charge is -2.34. The molecule has 1 N–H and O–H groups in total. The minimum atomic E-state index is -4.18. The van der Waals surface area contributed by atoms with Gasteiger partial charge in [-0.05, 0) is 61.2 Å². The van der Waals surface area contributed by atoms with Gasteiger partial charge in [0, 0.05) is 24.5 Å². The zero-order valence-corrected chi connectivity index (χ0v) is 26.8. The van der Waals surface area contributed by atoms with E-state index in [4.69, 9.17) is 11.6 Å². The van der Waals surface area contributed by atoms with Crippen LogP contribution in [0.3, 0.4) is 0 Å². The van der Waals surface area contributed by atoms with E-state index in [9.17, 15) is 18.0 Å². The predicted molar refractivity (Wildman–Crippen MR) is 176 cm³/mol. The lowest BCUT2D eigenvalue weighted by molar-refractivity contribution is -0.140. The average Bonchev–Trinajstić information content (AvgIpc) is 3.03. The Morgan fingerprint density at radius 3 is 2.09 bits per heavy atom. The summed E-state index contributed by atoms with van der Waals surface area (Å²) < 4.78 is 29.2. The van der Waals surface area contributed by atoms with E-state index < -0.39 is 28.5 Å². The molecule has 0 saturated carbocycles. The van der Waals surface area contributed by atoms with Crippen LogP contribution in [0.25, 0.3) is 0 Å². The zero-order valence-electron chi connectivity index (χ0n) is 25.2. The number of aryl methyl sites for hydroxylation is 2. The molecular formula is C35H38ClN3O4S. The van der Waals surface area contributed by atoms with Crippen molar-refractivity contribution in [1.29, 1.82) is 0 Å². The summed E-state index contributed by atoms with van der Waals surface area (Å²) in [4.78, 5) is 29.7. The molecule has 4 aromatic carbocycles. The molecule has 230 valence electrons. The van der Waals surface area contributed by atoms with Crippen LogP contribution in [-0.4, -0.2) is 44.3 Å². The highest BCUT2D eigenvalue weighted by atomic mass is 35.5. The first-order valence-electron chi connectivity index (χ1n) is 14.6. The van der Waals surface area contributed by atoms with Crippen molar-refractivity contribution in [1.82, 2.24) is 10.2 Å². The van der Waals surface area contributed by atoms with E-state index in [1.165, 1.54) is 17.0 Å². The van der Waals surface area contributed by atoms with Crippen LogP contribution in [0.15, 0.2) is 108 Å². The number of amides is 2. The molecule has 0 bridgehead atoms. The van der Waals surface area contributed by atoms with Gasteiger partial charge in [0.2, 0.25) is 11.8 Å². The van der Waals surface area contributed by atoms with E-state index in [0.29, 0.717) is 11.6 Å². The highest BCUT2D eigenvalue weighted by Crippen LogP contribution is 2.29. The summed E-state index contributed by atoms with van der Waals surface area (Å²) in [6, 6.07) is 29.2. The van der Waals surface area contributed by atoms with Crippen LogP contribution >= 0.6 is 11.6 Å². The van der Waals surface area contributed by atoms with Gasteiger partial charge in [0.15, 0.2) is 0 Å². The highest BCUT2D eigenvalue weighted by molar-refractivity contribution is 7.92. The fourth-order valence-electron chi connectivity index (χ4n) is 4.80. The van der Waals surface area contributed by atoms with Gasteiger partial charge in [-0.15, -0.1) is 0 Å². The number of hydrogen-bond donors (Lipinski definition) is 1. The van der Waals surface area contributed by atoms with Gasteiger partial charge in [0.05, 0.1) is 10.6 Å². The molecule has 0 aliphatic rings. The lowest BCUT2D eigenvalue weighted by atomic mass is 10.0. The third kappa shape index (κ3) is 8.27. The van der Waals surface area contributed by atoms with Crippen molar-refractivity contribution in [2.45, 2.75) is 51.1 Å². The number of carbonyl (C=O) groups is 2. The Labute approximate surface area is 265 Å². The Morgan fingerprint density at radius 2 is 1.48 bits per heavy atom. The summed E-state index contributed by atoms with van der Waals surface area (Å²) in [5.41, 5.74) is 3.79. The molecule has 4 aromatic rings. The summed E-state index contributed by atoms with van der Waals surface area (Å²) in [5.74, 6) is -0.818. The van der Waals surface area contributed by atoms with E-state index in [-0.39, 0.29) is 29.5 Å². The van der Waals surface area contributed by atoms with Crippen molar-refractivity contribution in [2.24, 2.45) is 0 Å². The van der Waals surface area contributed by atoms with Gasteiger partial charge >= 0.3 is 0 Å². The molecule has 0 aliphatic carbocycles. The Hall–Kier alpha value is -4.14. The SMILES string of the molecule is CCCNC(=O)C(Cc1ccccc1)N(Cc1ccc(C)cc1)C(=O)CN(c1ccc(C)c(Cl)c1)S(=O)(=O)c1ccccc1. The number of carbonyl (C=O) groups excluding carboxylic acids is 2. The van der Waals surface area contributed by atoms with E-state index in [2.05, 4.69) is 5.32 Å². The Morgan fingerprint density at radius 1 is 0.841 bits per heavy atom. The molecule has 9 heteroatoms. The van der Waals surface area contributed by atoms with Crippen molar-refractivity contribution in [2.75, 3.05) is 17.4 Å². The normalized spacial score (nSPS) is 11.9. The molecule has 0 saturated heterocycles. The second-order valence-corrected chi connectivity index (χ2v) is 13.0. The summed E-state index contributed by atoms with van der Waals surface area (Å²) in [5, 5.41) is 3.33. The van der Waals surface area contributed by atoms with Crippen LogP contribution < -0.4 is 9.62 Å². The molecule has 1 atom stereocenters. The number of nitrogens with one attached hydrogen (secondary N) is 1. The van der Waals surface area contributed by atoms with Crippen LogP contribution in [0.4, 0.5) is 5.69 Å². The van der Waals surface area contributed by atoms with Gasteiger partial charge in [-0.25, -0.2) is 8.42 Å². The molecule has 4 rings (SSSR count). The smallest absolute Gasteiger partial charge is 0.264 e. The maximum Gasteiger partial charge on any atom is 0.264 e. The molecule has 1 unspecified atom stereocenters. The Balaban J connectivity index is 1.80. The lowest BCUT2D eigenvalue weighted by Crippen LogP contribution is -2.53. The highest BCUT2D eigenvalue weighted by Gasteiger charge is 2.34. The number of anilines is 1. The molecule has 0 radical (unpaired) electrons. The second kappa shape index (κ2) is 15.0. The minimum Gasteiger partial charge on any atom is -0.354 e. The molecule has 2 amide bonds. The Bertz CT molecular complexity index is 1660. The predicted octanol–water partition coefficient (Wildman–Crippen LogP) is 6.32. The van der Waals surface area contributed by atoms with Crippen LogP contribution in [-0.2, 0) is 32.6 Å². The van der Waals surface area contributed by atoms with E-state index in [0.717, 1.165) is 33.0 Å². The summed E-state index contributed by atoms with van der Waals surface area (Å²) in [7, 11) is -4.18. The standard InChI is InChI=1S/C35H38ClN3O4S/c1-4-21-37-35(41)33(22-28-11-7-5-8-12-28)38(24-29-18-15-26(2)16-19-29)34(40)25-39(30-20-17-27(3)32(36)23-30)44(42,43)31-13-9-6-10-14-31/h5-20,23,33H,4,21-22,24-25H2,1-3H3,(H,37,41). The largest absolute Gasteiger partial charge is 0.354 e. The number of hydrogen-bond acceptors (Lipinski definition) is 4. The molecule has 44 heavy (non-hydrogen) atoms. The fourth-order valence-corrected chi connectivity index (χ4v) is 6.40. The summed E-state index contributed by atoms with van der Waals surface area (Å²) in [6.45, 7) is 5.79. The van der Waals surface area contributed by atoms with E-state index in [1.54, 1.807) is 36.4 Å². The van der Waals surface area contributed by atoms with Gasteiger partial charge < -0.3 is 10.2 Å². The molecule has 0 fully saturated rings. The first kappa shape index (κ1) is 32.8. The molecular weight excluding hydrogens is 594 g/mol. The second-order valence-electron chi connectivity index (χ2n) is 10.8. The third-order valence-electron chi connectivity index (χ3n) is 7.35. The van der Waals surface area contributed by atoms with Gasteiger partial charge in [-0.1, -0.05) is 103 Å². The number of halogens is 1. The number of rotatable bonds is 13.